The monoisotopic (exact) mass is 428 g/mol. The maximum Gasteiger partial charge on any atom is 0.262 e. The second-order valence-corrected chi connectivity index (χ2v) is 8.27. The highest BCUT2D eigenvalue weighted by Gasteiger charge is 2.44. The molecule has 0 radical (unpaired) electrons. The minimum absolute atomic E-state index is 0.0667. The number of likely N-dealkylation sites (tertiary alicyclic amines) is 1. The third-order valence-electron chi connectivity index (χ3n) is 6.15. The van der Waals surface area contributed by atoms with Gasteiger partial charge >= 0.3 is 0 Å². The Morgan fingerprint density at radius 3 is 2.52 bits per heavy atom. The predicted molar refractivity (Wildman–Crippen MR) is 112 cm³/mol. The van der Waals surface area contributed by atoms with Crippen molar-refractivity contribution in [2.45, 2.75) is 44.2 Å². The highest BCUT2D eigenvalue weighted by atomic mass is 16.5. The smallest absolute Gasteiger partial charge is 0.262 e. The Balaban J connectivity index is 1.39. The van der Waals surface area contributed by atoms with Crippen molar-refractivity contribution >= 4 is 23.6 Å². The molecule has 3 heterocycles. The number of ether oxygens (including phenoxy) is 1. The minimum atomic E-state index is -0.957. The maximum absolute atomic E-state index is 12.9. The fraction of sp³-hybridized carbons (Fsp3) is 0.545. The number of piperidine rings is 2. The van der Waals surface area contributed by atoms with E-state index in [1.807, 2.05) is 7.05 Å². The van der Waals surface area contributed by atoms with Crippen molar-refractivity contribution in [1.82, 2.24) is 20.4 Å². The van der Waals surface area contributed by atoms with Crippen molar-refractivity contribution in [3.63, 3.8) is 0 Å². The van der Waals surface area contributed by atoms with Gasteiger partial charge in [0, 0.05) is 19.5 Å². The Labute approximate surface area is 181 Å². The van der Waals surface area contributed by atoms with Gasteiger partial charge in [0.25, 0.3) is 11.8 Å². The number of carbonyl (C=O) groups is 4. The number of hydrogen-bond acceptors (Lipinski definition) is 7. The van der Waals surface area contributed by atoms with Gasteiger partial charge in [-0.1, -0.05) is 0 Å². The van der Waals surface area contributed by atoms with Gasteiger partial charge in [0.15, 0.2) is 0 Å². The SMILES string of the molecule is CNCCCN1CCC(Oc2ccc3c(c2)C(=O)N(C2CCC(=O)NC2=O)C3=O)CC1. The van der Waals surface area contributed by atoms with Gasteiger partial charge in [0.2, 0.25) is 11.8 Å². The van der Waals surface area contributed by atoms with Gasteiger partial charge in [-0.2, -0.15) is 0 Å². The first-order valence-corrected chi connectivity index (χ1v) is 10.9. The average molecular weight is 428 g/mol. The van der Waals surface area contributed by atoms with Crippen LogP contribution in [0.15, 0.2) is 18.2 Å². The number of carbonyl (C=O) groups excluding carboxylic acids is 4. The first-order valence-electron chi connectivity index (χ1n) is 10.9. The summed E-state index contributed by atoms with van der Waals surface area (Å²) >= 11 is 0. The van der Waals surface area contributed by atoms with Crippen LogP contribution in [0.5, 0.6) is 5.75 Å². The molecular weight excluding hydrogens is 400 g/mol. The van der Waals surface area contributed by atoms with Crippen molar-refractivity contribution in [2.75, 3.05) is 33.2 Å². The summed E-state index contributed by atoms with van der Waals surface area (Å²) in [7, 11) is 1.96. The van der Waals surface area contributed by atoms with E-state index in [9.17, 15) is 19.2 Å². The summed E-state index contributed by atoms with van der Waals surface area (Å²) in [6, 6.07) is 3.93. The summed E-state index contributed by atoms with van der Waals surface area (Å²) in [6.45, 7) is 4.02. The van der Waals surface area contributed by atoms with Crippen molar-refractivity contribution in [3.05, 3.63) is 29.3 Å². The fourth-order valence-electron chi connectivity index (χ4n) is 4.45. The lowest BCUT2D eigenvalue weighted by molar-refractivity contribution is -0.136. The number of nitrogens with zero attached hydrogens (tertiary/aromatic N) is 2. The van der Waals surface area contributed by atoms with Gasteiger partial charge < -0.3 is 15.0 Å². The van der Waals surface area contributed by atoms with E-state index in [0.29, 0.717) is 5.75 Å². The van der Waals surface area contributed by atoms with E-state index in [1.165, 1.54) is 0 Å². The molecule has 4 rings (SSSR count). The van der Waals surface area contributed by atoms with Crippen molar-refractivity contribution in [3.8, 4) is 5.75 Å². The van der Waals surface area contributed by atoms with Crippen LogP contribution in [0.4, 0.5) is 0 Å². The molecule has 0 bridgehead atoms. The summed E-state index contributed by atoms with van der Waals surface area (Å²) in [5.41, 5.74) is 0.512. The predicted octanol–water partition coefficient (Wildman–Crippen LogP) is 0.541. The molecule has 4 amide bonds. The average Bonchev–Trinajstić information content (AvgIpc) is 3.00. The van der Waals surface area contributed by atoms with Crippen molar-refractivity contribution in [1.29, 1.82) is 0 Å². The van der Waals surface area contributed by atoms with Gasteiger partial charge in [-0.05, 0) is 64.0 Å². The number of benzene rings is 1. The van der Waals surface area contributed by atoms with Crippen LogP contribution in [-0.4, -0.2) is 78.8 Å². The molecule has 0 saturated carbocycles. The molecule has 2 fully saturated rings. The molecule has 31 heavy (non-hydrogen) atoms. The highest BCUT2D eigenvalue weighted by molar-refractivity contribution is 6.23. The molecule has 1 aromatic rings. The van der Waals surface area contributed by atoms with Crippen LogP contribution >= 0.6 is 0 Å². The lowest BCUT2D eigenvalue weighted by Gasteiger charge is -2.32. The Kier molecular flexibility index (Phi) is 6.33. The minimum Gasteiger partial charge on any atom is -0.490 e. The Morgan fingerprint density at radius 2 is 1.81 bits per heavy atom. The number of imide groups is 2. The Hall–Kier alpha value is -2.78. The van der Waals surface area contributed by atoms with Gasteiger partial charge in [-0.15, -0.1) is 0 Å². The zero-order valence-electron chi connectivity index (χ0n) is 17.7. The molecule has 0 aliphatic carbocycles. The molecule has 9 nitrogen and oxygen atoms in total. The van der Waals surface area contributed by atoms with Crippen LogP contribution in [-0.2, 0) is 9.59 Å². The number of fused-ring (bicyclic) bond motifs is 1. The Morgan fingerprint density at radius 1 is 1.06 bits per heavy atom. The first-order chi connectivity index (χ1) is 15.0. The van der Waals surface area contributed by atoms with Crippen molar-refractivity contribution < 1.29 is 23.9 Å². The second kappa shape index (κ2) is 9.15. The van der Waals surface area contributed by atoms with E-state index in [0.717, 1.165) is 50.3 Å². The molecule has 2 N–H and O–H groups in total. The molecule has 3 aliphatic heterocycles. The number of hydrogen-bond donors (Lipinski definition) is 2. The summed E-state index contributed by atoms with van der Waals surface area (Å²) in [6.07, 6.45) is 3.25. The normalized spacial score (nSPS) is 22.6. The maximum atomic E-state index is 12.9. The standard InChI is InChI=1S/C22H28N4O5/c1-23-9-2-10-25-11-7-14(8-12-25)31-15-3-4-16-17(13-15)22(30)26(21(16)29)18-5-6-19(27)24-20(18)28/h3-4,13-14,18,23H,2,5-12H2,1H3,(H,24,27,28). The van der Waals surface area contributed by atoms with E-state index >= 15 is 0 Å². The zero-order valence-corrected chi connectivity index (χ0v) is 17.7. The molecule has 0 spiro atoms. The fourth-order valence-corrected chi connectivity index (χ4v) is 4.45. The van der Waals surface area contributed by atoms with Crippen LogP contribution in [0.1, 0.15) is 52.8 Å². The number of amides is 4. The zero-order chi connectivity index (χ0) is 22.0. The van der Waals surface area contributed by atoms with Gasteiger partial charge in [0.05, 0.1) is 11.1 Å². The van der Waals surface area contributed by atoms with E-state index in [-0.39, 0.29) is 36.0 Å². The summed E-state index contributed by atoms with van der Waals surface area (Å²) in [5, 5.41) is 5.36. The summed E-state index contributed by atoms with van der Waals surface area (Å²) in [4.78, 5) is 52.6. The third kappa shape index (κ3) is 4.47. The van der Waals surface area contributed by atoms with E-state index in [2.05, 4.69) is 15.5 Å². The van der Waals surface area contributed by atoms with E-state index in [4.69, 9.17) is 4.74 Å². The molecule has 2 saturated heterocycles. The lowest BCUT2D eigenvalue weighted by atomic mass is 10.0. The quantitative estimate of drug-likeness (QED) is 0.482. The van der Waals surface area contributed by atoms with Crippen LogP contribution in [0.2, 0.25) is 0 Å². The van der Waals surface area contributed by atoms with Crippen molar-refractivity contribution in [2.24, 2.45) is 0 Å². The van der Waals surface area contributed by atoms with E-state index in [1.54, 1.807) is 18.2 Å². The summed E-state index contributed by atoms with van der Waals surface area (Å²) < 4.78 is 6.11. The van der Waals surface area contributed by atoms with Crippen LogP contribution < -0.4 is 15.4 Å². The molecular formula is C22H28N4O5. The molecule has 1 unspecified atom stereocenters. The second-order valence-electron chi connectivity index (χ2n) is 8.27. The number of rotatable bonds is 7. The molecule has 166 valence electrons. The van der Waals surface area contributed by atoms with Crippen LogP contribution in [0.3, 0.4) is 0 Å². The van der Waals surface area contributed by atoms with Gasteiger partial charge in [0.1, 0.15) is 17.9 Å². The Bertz CT molecular complexity index is 894. The molecule has 0 aromatic heterocycles. The van der Waals surface area contributed by atoms with Crippen LogP contribution in [0.25, 0.3) is 0 Å². The first kappa shape index (κ1) is 21.5. The largest absolute Gasteiger partial charge is 0.490 e. The topological polar surface area (TPSA) is 108 Å². The molecule has 1 atom stereocenters. The molecule has 3 aliphatic rings. The lowest BCUT2D eigenvalue weighted by Crippen LogP contribution is -2.54. The third-order valence-corrected chi connectivity index (χ3v) is 6.15. The molecule has 9 heteroatoms. The molecule has 1 aromatic carbocycles. The van der Waals surface area contributed by atoms with Crippen LogP contribution in [0, 0.1) is 0 Å². The van der Waals surface area contributed by atoms with Gasteiger partial charge in [-0.3, -0.25) is 29.4 Å². The number of nitrogens with one attached hydrogen (secondary N) is 2. The summed E-state index contributed by atoms with van der Waals surface area (Å²) in [5.74, 6) is -1.46. The van der Waals surface area contributed by atoms with Gasteiger partial charge in [-0.25, -0.2) is 0 Å². The highest BCUT2D eigenvalue weighted by Crippen LogP contribution is 2.31. The van der Waals surface area contributed by atoms with E-state index < -0.39 is 23.8 Å².